The Morgan fingerprint density at radius 3 is 1.77 bits per heavy atom. The molecular formula is C20H12N4S2. The van der Waals surface area contributed by atoms with Crippen LogP contribution in [0.2, 0.25) is 0 Å². The summed E-state index contributed by atoms with van der Waals surface area (Å²) in [6.45, 7) is 0. The Hall–Kier alpha value is -2.96. The lowest BCUT2D eigenvalue weighted by atomic mass is 10.3. The summed E-state index contributed by atoms with van der Waals surface area (Å²) in [5.41, 5.74) is 8.12. The van der Waals surface area contributed by atoms with Gasteiger partial charge < -0.3 is 9.97 Å². The Kier molecular flexibility index (Phi) is 2.88. The zero-order valence-corrected chi connectivity index (χ0v) is 15.1. The second-order valence-electron chi connectivity index (χ2n) is 6.32. The van der Waals surface area contributed by atoms with E-state index < -0.39 is 0 Å². The summed E-state index contributed by atoms with van der Waals surface area (Å²) < 4.78 is 0. The van der Waals surface area contributed by atoms with E-state index in [1.807, 2.05) is 12.2 Å². The molecule has 0 aliphatic carbocycles. The number of nitrogens with zero attached hydrogens (tertiary/aromatic N) is 2. The van der Waals surface area contributed by atoms with Crippen LogP contribution in [0.4, 0.5) is 0 Å². The molecule has 2 aliphatic heterocycles. The summed E-state index contributed by atoms with van der Waals surface area (Å²) in [5, 5.41) is 0. The highest BCUT2D eigenvalue weighted by Gasteiger charge is 2.21. The SMILES string of the molecule is C1=Cc2cc3ccc(cc4ccc(cc5nc(cc1n2)-c1ssc1-5)[nH]4)[nH]3. The van der Waals surface area contributed by atoms with Crippen LogP contribution < -0.4 is 0 Å². The van der Waals surface area contributed by atoms with Gasteiger partial charge in [-0.05, 0) is 60.7 Å². The van der Waals surface area contributed by atoms with Crippen LogP contribution in [-0.4, -0.2) is 19.9 Å². The number of H-pyrrole nitrogens is 2. The van der Waals surface area contributed by atoms with Crippen LogP contribution in [0.25, 0.3) is 55.4 Å². The molecule has 6 heteroatoms. The summed E-state index contributed by atoms with van der Waals surface area (Å²) in [4.78, 5) is 18.9. The summed E-state index contributed by atoms with van der Waals surface area (Å²) in [6.07, 6.45) is 4.08. The van der Waals surface area contributed by atoms with Crippen molar-refractivity contribution in [3.63, 3.8) is 0 Å². The molecule has 2 aliphatic rings. The number of nitrogens with one attached hydrogen (secondary N) is 2. The van der Waals surface area contributed by atoms with E-state index in [1.165, 1.54) is 9.75 Å². The lowest BCUT2D eigenvalue weighted by Crippen LogP contribution is -1.76. The van der Waals surface area contributed by atoms with Crippen molar-refractivity contribution < 1.29 is 0 Å². The molecule has 6 heterocycles. The van der Waals surface area contributed by atoms with Gasteiger partial charge in [0.25, 0.3) is 0 Å². The van der Waals surface area contributed by atoms with Crippen molar-refractivity contribution in [1.82, 2.24) is 19.9 Å². The second-order valence-corrected chi connectivity index (χ2v) is 8.47. The Morgan fingerprint density at radius 1 is 0.577 bits per heavy atom. The van der Waals surface area contributed by atoms with Crippen molar-refractivity contribution in [3.8, 4) is 21.1 Å². The molecule has 0 saturated carbocycles. The summed E-state index contributed by atoms with van der Waals surface area (Å²) in [5.74, 6) is 0. The van der Waals surface area contributed by atoms with Crippen LogP contribution >= 0.6 is 20.7 Å². The molecular weight excluding hydrogens is 360 g/mol. The molecule has 124 valence electrons. The minimum absolute atomic E-state index is 0.938. The molecule has 4 nitrogen and oxygen atoms in total. The fourth-order valence-electron chi connectivity index (χ4n) is 3.24. The Labute approximate surface area is 155 Å². The smallest absolute Gasteiger partial charge is 0.0855 e. The van der Waals surface area contributed by atoms with Crippen molar-refractivity contribution in [2.24, 2.45) is 0 Å². The number of aromatic nitrogens is 4. The minimum atomic E-state index is 0.938. The summed E-state index contributed by atoms with van der Waals surface area (Å²) in [6, 6.07) is 16.7. The highest BCUT2D eigenvalue weighted by molar-refractivity contribution is 7.75. The molecule has 0 unspecified atom stereocenters. The Morgan fingerprint density at radius 2 is 1.12 bits per heavy atom. The van der Waals surface area contributed by atoms with Gasteiger partial charge in [-0.1, -0.05) is 20.7 Å². The maximum atomic E-state index is 4.84. The van der Waals surface area contributed by atoms with Gasteiger partial charge >= 0.3 is 0 Å². The average molecular weight is 372 g/mol. The fraction of sp³-hybridized carbons (Fsp3) is 0. The molecule has 0 aromatic carbocycles. The zero-order valence-electron chi connectivity index (χ0n) is 13.5. The maximum Gasteiger partial charge on any atom is 0.0855 e. The predicted octanol–water partition coefficient (Wildman–Crippen LogP) is 5.94. The van der Waals surface area contributed by atoms with E-state index in [0.29, 0.717) is 0 Å². The third-order valence-electron chi connectivity index (χ3n) is 4.46. The van der Waals surface area contributed by atoms with Gasteiger partial charge in [0.2, 0.25) is 0 Å². The van der Waals surface area contributed by atoms with Crippen LogP contribution in [0.15, 0.2) is 48.5 Å². The largest absolute Gasteiger partial charge is 0.355 e. The molecule has 0 radical (unpaired) electrons. The Balaban J connectivity index is 1.72. The van der Waals surface area contributed by atoms with Gasteiger partial charge in [-0.25, -0.2) is 9.97 Å². The van der Waals surface area contributed by atoms with Crippen molar-refractivity contribution in [2.45, 2.75) is 0 Å². The standard InChI is InChI=1S/C20H12N4S2/c1-2-12-8-14-4-6-16(23-14)10-18-20-19(25-26-20)17(24-18)9-15-5-3-13(22-15)7-11(1)21-12/h1-10,21-22H. The molecule has 0 saturated heterocycles. The second kappa shape index (κ2) is 5.27. The molecule has 8 bridgehead atoms. The molecule has 2 N–H and O–H groups in total. The van der Waals surface area contributed by atoms with Gasteiger partial charge in [0.15, 0.2) is 0 Å². The molecule has 0 spiro atoms. The normalized spacial score (nSPS) is 12.5. The van der Waals surface area contributed by atoms with E-state index in [4.69, 9.17) is 9.97 Å². The number of rotatable bonds is 0. The van der Waals surface area contributed by atoms with Crippen molar-refractivity contribution in [3.05, 3.63) is 59.9 Å². The van der Waals surface area contributed by atoms with E-state index >= 15 is 0 Å². The molecule has 26 heavy (non-hydrogen) atoms. The molecule has 0 amide bonds. The molecule has 0 fully saturated rings. The van der Waals surface area contributed by atoms with E-state index in [0.717, 1.165) is 44.8 Å². The van der Waals surface area contributed by atoms with Gasteiger partial charge in [-0.3, -0.25) is 0 Å². The van der Waals surface area contributed by atoms with E-state index in [1.54, 1.807) is 20.7 Å². The first-order valence-electron chi connectivity index (χ1n) is 8.26. The monoisotopic (exact) mass is 372 g/mol. The third kappa shape index (κ3) is 2.27. The van der Waals surface area contributed by atoms with Crippen LogP contribution in [0.1, 0.15) is 11.4 Å². The quantitative estimate of drug-likeness (QED) is 0.324. The number of hydrogen-bond acceptors (Lipinski definition) is 4. The van der Waals surface area contributed by atoms with Crippen molar-refractivity contribution in [1.29, 1.82) is 0 Å². The third-order valence-corrected chi connectivity index (χ3v) is 7.08. The first kappa shape index (κ1) is 14.2. The summed E-state index contributed by atoms with van der Waals surface area (Å²) >= 11 is 0. The van der Waals surface area contributed by atoms with Crippen molar-refractivity contribution >= 4 is 54.9 Å². The van der Waals surface area contributed by atoms with Gasteiger partial charge in [-0.15, -0.1) is 0 Å². The molecule has 4 aromatic heterocycles. The minimum Gasteiger partial charge on any atom is -0.355 e. The van der Waals surface area contributed by atoms with E-state index in [2.05, 4.69) is 58.5 Å². The van der Waals surface area contributed by atoms with Crippen LogP contribution in [0, 0.1) is 0 Å². The number of hydrogen-bond donors (Lipinski definition) is 2. The maximum absolute atomic E-state index is 4.84. The van der Waals surface area contributed by atoms with Gasteiger partial charge in [0.05, 0.1) is 32.5 Å². The summed E-state index contributed by atoms with van der Waals surface area (Å²) in [7, 11) is 3.56. The van der Waals surface area contributed by atoms with Gasteiger partial charge in [-0.2, -0.15) is 0 Å². The average Bonchev–Trinajstić information content (AvgIpc) is 3.32. The molecule has 4 aromatic rings. The number of fused-ring (bicyclic) bond motifs is 11. The lowest BCUT2D eigenvalue weighted by Gasteiger charge is -1.98. The van der Waals surface area contributed by atoms with E-state index in [-0.39, 0.29) is 0 Å². The van der Waals surface area contributed by atoms with E-state index in [9.17, 15) is 0 Å². The predicted molar refractivity (Wildman–Crippen MR) is 110 cm³/mol. The molecule has 6 rings (SSSR count). The zero-order chi connectivity index (χ0) is 17.1. The highest BCUT2D eigenvalue weighted by Crippen LogP contribution is 2.48. The van der Waals surface area contributed by atoms with Crippen LogP contribution in [0.5, 0.6) is 0 Å². The van der Waals surface area contributed by atoms with Crippen LogP contribution in [-0.2, 0) is 0 Å². The lowest BCUT2D eigenvalue weighted by molar-refractivity contribution is 1.31. The Bertz CT molecular complexity index is 1350. The first-order chi connectivity index (χ1) is 12.8. The molecule has 0 atom stereocenters. The first-order valence-corrected chi connectivity index (χ1v) is 10.4. The van der Waals surface area contributed by atoms with Gasteiger partial charge in [0, 0.05) is 22.1 Å². The van der Waals surface area contributed by atoms with Gasteiger partial charge in [0.1, 0.15) is 0 Å². The fourth-order valence-corrected chi connectivity index (χ4v) is 5.34. The van der Waals surface area contributed by atoms with Crippen LogP contribution in [0.3, 0.4) is 0 Å². The van der Waals surface area contributed by atoms with Crippen molar-refractivity contribution in [2.75, 3.05) is 0 Å². The number of aromatic amines is 2. The topological polar surface area (TPSA) is 57.4 Å². The highest BCUT2D eigenvalue weighted by atomic mass is 32.9.